The third-order valence-corrected chi connectivity index (χ3v) is 2.65. The van der Waals surface area contributed by atoms with E-state index in [9.17, 15) is 4.79 Å². The summed E-state index contributed by atoms with van der Waals surface area (Å²) >= 11 is 0. The molecule has 1 aromatic heterocycles. The van der Waals surface area contributed by atoms with Gasteiger partial charge in [0.05, 0.1) is 13.0 Å². The minimum Gasteiger partial charge on any atom is -0.481 e. The number of carbonyl (C=O) groups is 1. The number of rotatable bonds is 2. The summed E-state index contributed by atoms with van der Waals surface area (Å²) < 4.78 is 5.20. The monoisotopic (exact) mass is 206 g/mol. The molecule has 0 aliphatic carbocycles. The lowest BCUT2D eigenvalue weighted by Crippen LogP contribution is -2.18. The van der Waals surface area contributed by atoms with Crippen LogP contribution in [0.3, 0.4) is 0 Å². The Bertz CT molecular complexity index is 390. The van der Waals surface area contributed by atoms with E-state index >= 15 is 0 Å². The Morgan fingerprint density at radius 1 is 1.53 bits per heavy atom. The number of ether oxygens (including phenoxy) is 1. The number of methoxy groups -OCH3 is 1. The van der Waals surface area contributed by atoms with Crippen LogP contribution in [-0.4, -0.2) is 24.5 Å². The Labute approximate surface area is 88.7 Å². The molecular weight excluding hydrogens is 192 g/mol. The summed E-state index contributed by atoms with van der Waals surface area (Å²) in [6.45, 7) is 2.64. The fourth-order valence-corrected chi connectivity index (χ4v) is 1.86. The number of aromatic nitrogens is 1. The van der Waals surface area contributed by atoms with Crippen LogP contribution in [-0.2, 0) is 4.79 Å². The molecule has 1 aliphatic rings. The molecule has 80 valence electrons. The molecule has 1 N–H and O–H groups in total. The van der Waals surface area contributed by atoms with Gasteiger partial charge in [-0.2, -0.15) is 0 Å². The van der Waals surface area contributed by atoms with Gasteiger partial charge in [0.15, 0.2) is 0 Å². The molecule has 1 unspecified atom stereocenters. The third kappa shape index (κ3) is 1.79. The molecule has 15 heavy (non-hydrogen) atoms. The second-order valence-electron chi connectivity index (χ2n) is 3.68. The molecule has 1 amide bonds. The minimum atomic E-state index is -0.104. The number of amides is 1. The predicted octanol–water partition coefficient (Wildman–Crippen LogP) is 1.00. The van der Waals surface area contributed by atoms with Crippen LogP contribution in [0, 0.1) is 6.92 Å². The second kappa shape index (κ2) is 3.88. The number of nitrogens with one attached hydrogen (secondary N) is 1. The van der Waals surface area contributed by atoms with Gasteiger partial charge in [-0.3, -0.25) is 4.79 Å². The van der Waals surface area contributed by atoms with Crippen LogP contribution in [0.25, 0.3) is 0 Å². The van der Waals surface area contributed by atoms with Crippen LogP contribution in [0.5, 0.6) is 5.88 Å². The van der Waals surface area contributed by atoms with Gasteiger partial charge in [0.25, 0.3) is 0 Å². The van der Waals surface area contributed by atoms with Crippen molar-refractivity contribution in [2.24, 2.45) is 0 Å². The van der Waals surface area contributed by atoms with E-state index in [1.54, 1.807) is 7.11 Å². The van der Waals surface area contributed by atoms with Crippen LogP contribution in [0.15, 0.2) is 12.1 Å². The van der Waals surface area contributed by atoms with E-state index in [0.717, 1.165) is 24.2 Å². The van der Waals surface area contributed by atoms with Crippen molar-refractivity contribution in [3.63, 3.8) is 0 Å². The molecule has 2 heterocycles. The molecule has 0 bridgehead atoms. The van der Waals surface area contributed by atoms with E-state index in [1.807, 2.05) is 19.1 Å². The van der Waals surface area contributed by atoms with Crippen molar-refractivity contribution >= 4 is 5.91 Å². The predicted molar refractivity (Wildman–Crippen MR) is 55.9 cm³/mol. The number of carbonyl (C=O) groups excluding carboxylic acids is 1. The summed E-state index contributed by atoms with van der Waals surface area (Å²) in [5.41, 5.74) is 1.78. The summed E-state index contributed by atoms with van der Waals surface area (Å²) in [6, 6.07) is 3.83. The normalized spacial score (nSPS) is 20.1. The van der Waals surface area contributed by atoms with E-state index in [2.05, 4.69) is 10.3 Å². The highest BCUT2D eigenvalue weighted by molar-refractivity contribution is 5.86. The fourth-order valence-electron chi connectivity index (χ4n) is 1.86. The van der Waals surface area contributed by atoms with Crippen molar-refractivity contribution < 1.29 is 9.53 Å². The highest BCUT2D eigenvalue weighted by atomic mass is 16.5. The number of hydrogen-bond donors (Lipinski definition) is 1. The first-order valence-corrected chi connectivity index (χ1v) is 5.01. The maximum Gasteiger partial charge on any atom is 0.227 e. The van der Waals surface area contributed by atoms with E-state index in [0.29, 0.717) is 5.88 Å². The molecule has 0 spiro atoms. The quantitative estimate of drug-likeness (QED) is 0.785. The third-order valence-electron chi connectivity index (χ3n) is 2.65. The Hall–Kier alpha value is -1.58. The van der Waals surface area contributed by atoms with Crippen LogP contribution < -0.4 is 10.1 Å². The van der Waals surface area contributed by atoms with Gasteiger partial charge in [-0.25, -0.2) is 4.98 Å². The second-order valence-corrected chi connectivity index (χ2v) is 3.68. The first-order valence-electron chi connectivity index (χ1n) is 5.01. The first kappa shape index (κ1) is 9.96. The number of pyridine rings is 1. The molecule has 2 rings (SSSR count). The Morgan fingerprint density at radius 3 is 2.93 bits per heavy atom. The minimum absolute atomic E-state index is 0.0685. The molecule has 1 atom stereocenters. The molecule has 1 saturated heterocycles. The summed E-state index contributed by atoms with van der Waals surface area (Å²) in [6.07, 6.45) is 0.819. The highest BCUT2D eigenvalue weighted by Gasteiger charge is 2.28. The van der Waals surface area contributed by atoms with Crippen molar-refractivity contribution in [1.82, 2.24) is 10.3 Å². The van der Waals surface area contributed by atoms with Crippen LogP contribution in [0.1, 0.15) is 23.6 Å². The summed E-state index contributed by atoms with van der Waals surface area (Å²) in [5, 5.41) is 2.81. The fraction of sp³-hybridized carbons (Fsp3) is 0.455. The summed E-state index contributed by atoms with van der Waals surface area (Å²) in [4.78, 5) is 15.8. The van der Waals surface area contributed by atoms with Gasteiger partial charge in [-0.1, -0.05) is 6.07 Å². The van der Waals surface area contributed by atoms with Gasteiger partial charge in [0, 0.05) is 17.8 Å². The average molecular weight is 206 g/mol. The zero-order valence-electron chi connectivity index (χ0n) is 8.91. The molecule has 1 fully saturated rings. The first-order chi connectivity index (χ1) is 7.22. The molecular formula is C11H14N2O2. The summed E-state index contributed by atoms with van der Waals surface area (Å²) in [7, 11) is 1.58. The smallest absolute Gasteiger partial charge is 0.227 e. The topological polar surface area (TPSA) is 51.2 Å². The van der Waals surface area contributed by atoms with Gasteiger partial charge in [-0.05, 0) is 19.4 Å². The van der Waals surface area contributed by atoms with E-state index in [4.69, 9.17) is 4.74 Å². The lowest BCUT2D eigenvalue weighted by Gasteiger charge is -2.11. The van der Waals surface area contributed by atoms with E-state index in [1.165, 1.54) is 0 Å². The zero-order valence-corrected chi connectivity index (χ0v) is 8.91. The van der Waals surface area contributed by atoms with E-state index < -0.39 is 0 Å². The standard InChI is InChI=1S/C11H14N2O2/c1-7-3-4-9(11(13-7)15-2)8-5-6-12-10(8)14/h3-4,8H,5-6H2,1-2H3,(H,12,14). The molecule has 0 radical (unpaired) electrons. The SMILES string of the molecule is COc1nc(C)ccc1C1CCNC1=O. The van der Waals surface area contributed by atoms with Crippen molar-refractivity contribution in [2.75, 3.05) is 13.7 Å². The lowest BCUT2D eigenvalue weighted by molar-refractivity contribution is -0.120. The van der Waals surface area contributed by atoms with Gasteiger partial charge >= 0.3 is 0 Å². The van der Waals surface area contributed by atoms with E-state index in [-0.39, 0.29) is 11.8 Å². The molecule has 4 nitrogen and oxygen atoms in total. The van der Waals surface area contributed by atoms with Crippen molar-refractivity contribution in [1.29, 1.82) is 0 Å². The van der Waals surface area contributed by atoms with Gasteiger partial charge in [0.2, 0.25) is 11.8 Å². The van der Waals surface area contributed by atoms with Crippen LogP contribution in [0.2, 0.25) is 0 Å². The Morgan fingerprint density at radius 2 is 2.33 bits per heavy atom. The lowest BCUT2D eigenvalue weighted by atomic mass is 9.98. The maximum absolute atomic E-state index is 11.5. The van der Waals surface area contributed by atoms with Crippen LogP contribution >= 0.6 is 0 Å². The molecule has 4 heteroatoms. The number of aryl methyl sites for hydroxylation is 1. The molecule has 1 aromatic rings. The molecule has 0 saturated carbocycles. The van der Waals surface area contributed by atoms with Gasteiger partial charge in [-0.15, -0.1) is 0 Å². The average Bonchev–Trinajstić information content (AvgIpc) is 2.64. The van der Waals surface area contributed by atoms with Crippen LogP contribution in [0.4, 0.5) is 0 Å². The maximum atomic E-state index is 11.5. The Kier molecular flexibility index (Phi) is 2.58. The van der Waals surface area contributed by atoms with Crippen molar-refractivity contribution in [2.45, 2.75) is 19.3 Å². The molecule has 1 aliphatic heterocycles. The Balaban J connectivity index is 2.38. The van der Waals surface area contributed by atoms with Gasteiger partial charge < -0.3 is 10.1 Å². The van der Waals surface area contributed by atoms with Crippen molar-refractivity contribution in [3.05, 3.63) is 23.4 Å². The summed E-state index contributed by atoms with van der Waals surface area (Å²) in [5.74, 6) is 0.532. The molecule has 0 aromatic carbocycles. The van der Waals surface area contributed by atoms with Crippen molar-refractivity contribution in [3.8, 4) is 5.88 Å². The van der Waals surface area contributed by atoms with Gasteiger partial charge in [0.1, 0.15) is 0 Å². The highest BCUT2D eigenvalue weighted by Crippen LogP contribution is 2.29. The zero-order chi connectivity index (χ0) is 10.8. The number of nitrogens with zero attached hydrogens (tertiary/aromatic N) is 1. The largest absolute Gasteiger partial charge is 0.481 e. The number of hydrogen-bond acceptors (Lipinski definition) is 3.